The highest BCUT2D eigenvalue weighted by Crippen LogP contribution is 2.28. The number of hydrogen-bond acceptors (Lipinski definition) is 5. The van der Waals surface area contributed by atoms with Crippen LogP contribution in [0.4, 0.5) is 5.69 Å². The van der Waals surface area contributed by atoms with E-state index in [0.29, 0.717) is 34.1 Å². The molecule has 1 aromatic carbocycles. The molecule has 0 aliphatic rings. The van der Waals surface area contributed by atoms with Crippen molar-refractivity contribution in [3.05, 3.63) is 46.1 Å². The summed E-state index contributed by atoms with van der Waals surface area (Å²) in [5.74, 6) is 0.138. The number of rotatable bonds is 6. The normalized spacial score (nSPS) is 10.9. The highest BCUT2D eigenvalue weighted by Gasteiger charge is 2.13. The van der Waals surface area contributed by atoms with Gasteiger partial charge in [0, 0.05) is 12.1 Å². The van der Waals surface area contributed by atoms with Crippen molar-refractivity contribution in [2.45, 2.75) is 19.9 Å². The molecule has 26 heavy (non-hydrogen) atoms. The van der Waals surface area contributed by atoms with Gasteiger partial charge in [-0.2, -0.15) is 5.10 Å². The van der Waals surface area contributed by atoms with Gasteiger partial charge < -0.3 is 10.1 Å². The summed E-state index contributed by atoms with van der Waals surface area (Å²) in [6, 6.07) is 4.99. The lowest BCUT2D eigenvalue weighted by atomic mass is 10.3. The van der Waals surface area contributed by atoms with E-state index in [1.165, 1.54) is 21.8 Å². The highest BCUT2D eigenvalue weighted by molar-refractivity contribution is 6.31. The Balaban J connectivity index is 1.80. The predicted octanol–water partition coefficient (Wildman–Crippen LogP) is 2.21. The maximum absolute atomic E-state index is 12.4. The van der Waals surface area contributed by atoms with Gasteiger partial charge in [0.25, 0.3) is 5.56 Å². The number of hydrogen-bond donors (Lipinski definition) is 1. The molecular weight excluding hydrogens is 358 g/mol. The van der Waals surface area contributed by atoms with Crippen molar-refractivity contribution < 1.29 is 9.53 Å². The van der Waals surface area contributed by atoms with Crippen LogP contribution in [0.1, 0.15) is 13.3 Å². The van der Waals surface area contributed by atoms with E-state index in [-0.39, 0.29) is 18.0 Å². The maximum atomic E-state index is 12.4. The van der Waals surface area contributed by atoms with Crippen LogP contribution in [0.5, 0.6) is 5.75 Å². The largest absolute Gasteiger partial charge is 0.491 e. The molecule has 0 spiro atoms. The predicted molar refractivity (Wildman–Crippen MR) is 98.6 cm³/mol. The zero-order valence-corrected chi connectivity index (χ0v) is 15.2. The van der Waals surface area contributed by atoms with Crippen molar-refractivity contribution in [3.8, 4) is 5.75 Å². The molecule has 0 bridgehead atoms. The number of fused-ring (bicyclic) bond motifs is 1. The summed E-state index contributed by atoms with van der Waals surface area (Å²) in [7, 11) is 1.70. The van der Waals surface area contributed by atoms with E-state index in [1.54, 1.807) is 25.2 Å². The molecular formula is C17H18ClN5O3. The summed E-state index contributed by atoms with van der Waals surface area (Å²) >= 11 is 6.01. The lowest BCUT2D eigenvalue weighted by Crippen LogP contribution is -2.28. The highest BCUT2D eigenvalue weighted by atomic mass is 35.5. The number of nitrogens with zero attached hydrogens (tertiary/aromatic N) is 4. The fourth-order valence-electron chi connectivity index (χ4n) is 2.46. The number of halogens is 1. The Morgan fingerprint density at radius 2 is 2.19 bits per heavy atom. The van der Waals surface area contributed by atoms with E-state index in [9.17, 15) is 9.59 Å². The topological polar surface area (TPSA) is 91.0 Å². The molecule has 0 atom stereocenters. The van der Waals surface area contributed by atoms with Crippen molar-refractivity contribution in [2.75, 3.05) is 11.9 Å². The summed E-state index contributed by atoms with van der Waals surface area (Å²) in [5, 5.41) is 7.57. The molecule has 9 heteroatoms. The molecule has 1 N–H and O–H groups in total. The quantitative estimate of drug-likeness (QED) is 0.713. The van der Waals surface area contributed by atoms with E-state index in [0.717, 1.165) is 6.42 Å². The minimum Gasteiger partial charge on any atom is -0.491 e. The first kappa shape index (κ1) is 17.9. The van der Waals surface area contributed by atoms with Crippen LogP contribution in [-0.2, 0) is 18.4 Å². The average Bonchev–Trinajstić information content (AvgIpc) is 2.98. The number of carbonyl (C=O) groups excluding carboxylic acids is 1. The van der Waals surface area contributed by atoms with Gasteiger partial charge >= 0.3 is 0 Å². The third kappa shape index (κ3) is 3.70. The molecule has 0 fully saturated rings. The Morgan fingerprint density at radius 1 is 1.38 bits per heavy atom. The summed E-state index contributed by atoms with van der Waals surface area (Å²) in [6.07, 6.45) is 3.60. The summed E-state index contributed by atoms with van der Waals surface area (Å²) in [4.78, 5) is 29.0. The average molecular weight is 376 g/mol. The third-order valence-corrected chi connectivity index (χ3v) is 3.94. The Kier molecular flexibility index (Phi) is 5.22. The van der Waals surface area contributed by atoms with Crippen molar-refractivity contribution in [1.82, 2.24) is 19.3 Å². The Labute approximate surface area is 154 Å². The van der Waals surface area contributed by atoms with E-state index in [4.69, 9.17) is 16.3 Å². The minimum atomic E-state index is -0.388. The first-order valence-corrected chi connectivity index (χ1v) is 8.46. The molecule has 0 unspecified atom stereocenters. The molecule has 0 aliphatic heterocycles. The molecule has 0 aliphatic carbocycles. The van der Waals surface area contributed by atoms with Gasteiger partial charge in [-0.25, -0.2) is 4.98 Å². The van der Waals surface area contributed by atoms with Gasteiger partial charge in [-0.3, -0.25) is 18.8 Å². The van der Waals surface area contributed by atoms with Crippen molar-refractivity contribution in [3.63, 3.8) is 0 Å². The molecule has 0 saturated heterocycles. The van der Waals surface area contributed by atoms with E-state index >= 15 is 0 Å². The van der Waals surface area contributed by atoms with E-state index < -0.39 is 0 Å². The van der Waals surface area contributed by atoms with Gasteiger partial charge in [-0.15, -0.1) is 0 Å². The summed E-state index contributed by atoms with van der Waals surface area (Å²) in [5.41, 5.74) is 0.600. The molecule has 3 rings (SSSR count). The zero-order chi connectivity index (χ0) is 18.7. The smallest absolute Gasteiger partial charge is 0.264 e. The Hall–Kier alpha value is -2.87. The number of aromatic nitrogens is 4. The first-order chi connectivity index (χ1) is 12.5. The van der Waals surface area contributed by atoms with Crippen molar-refractivity contribution in [2.24, 2.45) is 7.05 Å². The van der Waals surface area contributed by atoms with Gasteiger partial charge in [0.15, 0.2) is 5.65 Å². The lowest BCUT2D eigenvalue weighted by Gasteiger charge is -2.13. The van der Waals surface area contributed by atoms with Gasteiger partial charge in [-0.1, -0.05) is 18.5 Å². The van der Waals surface area contributed by atoms with E-state index in [1.807, 2.05) is 6.92 Å². The molecule has 0 radical (unpaired) electrons. The Morgan fingerprint density at radius 3 is 2.96 bits per heavy atom. The second kappa shape index (κ2) is 7.57. The van der Waals surface area contributed by atoms with Crippen LogP contribution in [-0.4, -0.2) is 31.8 Å². The molecule has 2 aromatic heterocycles. The van der Waals surface area contributed by atoms with Gasteiger partial charge in [0.1, 0.15) is 24.0 Å². The number of amides is 1. The first-order valence-electron chi connectivity index (χ1n) is 8.09. The molecule has 1 amide bonds. The van der Waals surface area contributed by atoms with E-state index in [2.05, 4.69) is 15.4 Å². The minimum absolute atomic E-state index is 0.184. The second-order valence-electron chi connectivity index (χ2n) is 5.72. The van der Waals surface area contributed by atoms with Crippen LogP contribution in [0.2, 0.25) is 5.02 Å². The molecule has 2 heterocycles. The van der Waals surface area contributed by atoms with Crippen LogP contribution in [0.15, 0.2) is 35.5 Å². The summed E-state index contributed by atoms with van der Waals surface area (Å²) in [6.45, 7) is 2.32. The lowest BCUT2D eigenvalue weighted by molar-refractivity contribution is -0.116. The number of ether oxygens (including phenoxy) is 1. The van der Waals surface area contributed by atoms with Gasteiger partial charge in [0.05, 0.1) is 18.5 Å². The Bertz CT molecular complexity index is 1010. The fourth-order valence-corrected chi connectivity index (χ4v) is 2.63. The third-order valence-electron chi connectivity index (χ3n) is 3.71. The van der Waals surface area contributed by atoms with Crippen LogP contribution in [0.25, 0.3) is 11.0 Å². The summed E-state index contributed by atoms with van der Waals surface area (Å²) < 4.78 is 8.35. The number of benzene rings is 1. The SMILES string of the molecule is CCCOc1ccc(Cl)cc1NC(=O)Cn1cnc2c(cnn2C)c1=O. The van der Waals surface area contributed by atoms with Crippen LogP contribution >= 0.6 is 11.6 Å². The molecule has 3 aromatic rings. The van der Waals surface area contributed by atoms with Gasteiger partial charge in [-0.05, 0) is 24.6 Å². The molecule has 136 valence electrons. The standard InChI is InChI=1S/C17H18ClN5O3/c1-3-6-26-14-5-4-11(18)7-13(14)21-15(24)9-23-10-19-16-12(17(23)25)8-20-22(16)2/h4-5,7-8,10H,3,6,9H2,1-2H3,(H,21,24). The zero-order valence-electron chi connectivity index (χ0n) is 14.4. The van der Waals surface area contributed by atoms with Crippen molar-refractivity contribution in [1.29, 1.82) is 0 Å². The monoisotopic (exact) mass is 375 g/mol. The number of nitrogens with one attached hydrogen (secondary N) is 1. The van der Waals surface area contributed by atoms with Crippen LogP contribution in [0.3, 0.4) is 0 Å². The maximum Gasteiger partial charge on any atom is 0.264 e. The molecule has 0 saturated carbocycles. The number of carbonyl (C=O) groups is 1. The number of anilines is 1. The van der Waals surface area contributed by atoms with Crippen LogP contribution < -0.4 is 15.6 Å². The number of aryl methyl sites for hydroxylation is 1. The molecule has 8 nitrogen and oxygen atoms in total. The fraction of sp³-hybridized carbons (Fsp3) is 0.294. The van der Waals surface area contributed by atoms with Gasteiger partial charge in [0.2, 0.25) is 5.91 Å². The van der Waals surface area contributed by atoms with Crippen LogP contribution in [0, 0.1) is 0 Å². The second-order valence-corrected chi connectivity index (χ2v) is 6.16. The van der Waals surface area contributed by atoms with Crippen molar-refractivity contribution >= 4 is 34.2 Å².